The number of piperidine rings is 1. The maximum Gasteiger partial charge on any atom is 0.321 e. The molecule has 0 atom stereocenters. The molecule has 1 spiro atoms. The summed E-state index contributed by atoms with van der Waals surface area (Å²) in [5, 5.41) is 6.03. The Balaban J connectivity index is 1.48. The highest BCUT2D eigenvalue weighted by molar-refractivity contribution is 6.02. The van der Waals surface area contributed by atoms with E-state index in [0.29, 0.717) is 37.2 Å². The van der Waals surface area contributed by atoms with Crippen LogP contribution >= 0.6 is 0 Å². The van der Waals surface area contributed by atoms with Crippen LogP contribution in [0.5, 0.6) is 0 Å². The number of likely N-dealkylation sites (tertiary alicyclic amines) is 1. The highest BCUT2D eigenvalue weighted by Gasteiger charge is 2.45. The van der Waals surface area contributed by atoms with Gasteiger partial charge in [-0.15, -0.1) is 0 Å². The summed E-state index contributed by atoms with van der Waals surface area (Å²) in [6, 6.07) is 11.7. The van der Waals surface area contributed by atoms with Crippen molar-refractivity contribution in [1.82, 2.24) is 10.2 Å². The van der Waals surface area contributed by atoms with Gasteiger partial charge in [0.15, 0.2) is 0 Å². The van der Waals surface area contributed by atoms with E-state index in [4.69, 9.17) is 0 Å². The molecule has 28 heavy (non-hydrogen) atoms. The van der Waals surface area contributed by atoms with Gasteiger partial charge in [-0.2, -0.15) is 0 Å². The number of fused-ring (bicyclic) bond motifs is 1. The smallest absolute Gasteiger partial charge is 0.321 e. The summed E-state index contributed by atoms with van der Waals surface area (Å²) in [5.41, 5.74) is 2.23. The average molecular weight is 382 g/mol. The molecule has 0 unspecified atom stereocenters. The maximum absolute atomic E-state index is 13.7. The average Bonchev–Trinajstić information content (AvgIpc) is 2.68. The van der Waals surface area contributed by atoms with E-state index in [1.807, 2.05) is 43.1 Å². The summed E-state index contributed by atoms with van der Waals surface area (Å²) in [7, 11) is 1.86. The topological polar surface area (TPSA) is 64.7 Å². The van der Waals surface area contributed by atoms with Crippen LogP contribution in [-0.2, 0) is 0 Å². The van der Waals surface area contributed by atoms with Crippen LogP contribution < -0.4 is 15.5 Å². The van der Waals surface area contributed by atoms with Crippen molar-refractivity contribution < 1.29 is 14.0 Å². The molecule has 2 aromatic carbocycles. The number of rotatable bonds is 1. The van der Waals surface area contributed by atoms with Crippen molar-refractivity contribution in [3.05, 3.63) is 59.4 Å². The molecule has 6 nitrogen and oxygen atoms in total. The van der Waals surface area contributed by atoms with Gasteiger partial charge < -0.3 is 20.4 Å². The van der Waals surface area contributed by atoms with Crippen molar-refractivity contribution >= 4 is 23.3 Å². The molecule has 0 aromatic heterocycles. The summed E-state index contributed by atoms with van der Waals surface area (Å²) in [6.45, 7) is 2.93. The maximum atomic E-state index is 13.7. The Hall–Kier alpha value is -3.09. The van der Waals surface area contributed by atoms with Crippen molar-refractivity contribution in [3.63, 3.8) is 0 Å². The van der Waals surface area contributed by atoms with Crippen LogP contribution in [0.25, 0.3) is 0 Å². The van der Waals surface area contributed by atoms with Crippen molar-refractivity contribution in [1.29, 1.82) is 0 Å². The molecule has 2 aliphatic rings. The normalized spacial score (nSPS) is 17.9. The van der Waals surface area contributed by atoms with Crippen LogP contribution in [0.15, 0.2) is 42.5 Å². The van der Waals surface area contributed by atoms with Gasteiger partial charge in [-0.3, -0.25) is 4.79 Å². The number of aryl methyl sites for hydroxylation is 1. The fourth-order valence-electron chi connectivity index (χ4n) is 4.01. The number of carbonyl (C=O) groups is 2. The lowest BCUT2D eigenvalue weighted by Gasteiger charge is -2.51. The molecular formula is C21H23FN4O2. The van der Waals surface area contributed by atoms with Crippen molar-refractivity contribution in [2.75, 3.05) is 30.4 Å². The van der Waals surface area contributed by atoms with Crippen LogP contribution in [0.1, 0.15) is 28.8 Å². The number of urea groups is 1. The highest BCUT2D eigenvalue weighted by atomic mass is 19.1. The Morgan fingerprint density at radius 3 is 2.61 bits per heavy atom. The zero-order valence-electron chi connectivity index (χ0n) is 16.0. The van der Waals surface area contributed by atoms with Gasteiger partial charge in [0.05, 0.1) is 11.3 Å². The third kappa shape index (κ3) is 3.06. The van der Waals surface area contributed by atoms with Gasteiger partial charge in [0.1, 0.15) is 11.5 Å². The number of para-hydroxylation sites is 1. The summed E-state index contributed by atoms with van der Waals surface area (Å²) < 4.78 is 13.7. The number of halogens is 1. The largest absolute Gasteiger partial charge is 0.351 e. The summed E-state index contributed by atoms with van der Waals surface area (Å²) in [5.74, 6) is -0.573. The third-order valence-corrected chi connectivity index (χ3v) is 5.82. The first-order valence-electron chi connectivity index (χ1n) is 9.37. The quantitative estimate of drug-likeness (QED) is 0.795. The minimum Gasteiger partial charge on any atom is -0.351 e. The first kappa shape index (κ1) is 18.3. The molecule has 4 rings (SSSR count). The first-order chi connectivity index (χ1) is 13.4. The van der Waals surface area contributed by atoms with Crippen LogP contribution in [0.3, 0.4) is 0 Å². The number of nitrogens with one attached hydrogen (secondary N) is 2. The van der Waals surface area contributed by atoms with E-state index in [0.717, 1.165) is 11.3 Å². The molecule has 3 amide bonds. The van der Waals surface area contributed by atoms with Gasteiger partial charge in [-0.25, -0.2) is 9.18 Å². The summed E-state index contributed by atoms with van der Waals surface area (Å²) in [4.78, 5) is 28.9. The molecule has 1 fully saturated rings. The number of benzene rings is 2. The Morgan fingerprint density at radius 2 is 1.89 bits per heavy atom. The van der Waals surface area contributed by atoms with Crippen LogP contribution in [0, 0.1) is 12.7 Å². The zero-order chi connectivity index (χ0) is 19.9. The number of amides is 3. The van der Waals surface area contributed by atoms with E-state index in [9.17, 15) is 14.0 Å². The first-order valence-corrected chi connectivity index (χ1v) is 9.37. The Labute approximate surface area is 163 Å². The van der Waals surface area contributed by atoms with Crippen LogP contribution in [-0.4, -0.2) is 42.6 Å². The second-order valence-corrected chi connectivity index (χ2v) is 7.44. The molecule has 0 saturated carbocycles. The number of carbonyl (C=O) groups excluding carboxylic acids is 2. The van der Waals surface area contributed by atoms with Gasteiger partial charge in [0.2, 0.25) is 0 Å². The summed E-state index contributed by atoms with van der Waals surface area (Å²) >= 11 is 0. The second-order valence-electron chi connectivity index (χ2n) is 7.44. The van der Waals surface area contributed by atoms with E-state index in [-0.39, 0.29) is 17.8 Å². The van der Waals surface area contributed by atoms with Gasteiger partial charge >= 0.3 is 6.03 Å². The molecule has 0 aliphatic carbocycles. The SMILES string of the molecule is Cc1ccccc1NC(=O)N1CCC2(CC1)NC(=O)c1ccc(F)cc1N2C. The number of hydrogen-bond acceptors (Lipinski definition) is 3. The minimum atomic E-state index is -0.614. The van der Waals surface area contributed by atoms with Crippen molar-refractivity contribution in [2.24, 2.45) is 0 Å². The lowest BCUT2D eigenvalue weighted by molar-refractivity contribution is 0.0815. The molecule has 0 bridgehead atoms. The predicted octanol–water partition coefficient (Wildman–Crippen LogP) is 3.34. The monoisotopic (exact) mass is 382 g/mol. The fraction of sp³-hybridized carbons (Fsp3) is 0.333. The summed E-state index contributed by atoms with van der Waals surface area (Å²) in [6.07, 6.45) is 1.12. The van der Waals surface area contributed by atoms with E-state index in [1.54, 1.807) is 4.90 Å². The van der Waals surface area contributed by atoms with Gasteiger partial charge in [0, 0.05) is 38.7 Å². The van der Waals surface area contributed by atoms with E-state index in [2.05, 4.69) is 10.6 Å². The molecular weight excluding hydrogens is 359 g/mol. The lowest BCUT2D eigenvalue weighted by Crippen LogP contribution is -2.67. The van der Waals surface area contributed by atoms with Crippen LogP contribution in [0.2, 0.25) is 0 Å². The van der Waals surface area contributed by atoms with Crippen molar-refractivity contribution in [3.8, 4) is 0 Å². The van der Waals surface area contributed by atoms with E-state index >= 15 is 0 Å². The minimum absolute atomic E-state index is 0.152. The molecule has 2 aliphatic heterocycles. The molecule has 146 valence electrons. The molecule has 2 N–H and O–H groups in total. The lowest BCUT2D eigenvalue weighted by atomic mass is 9.90. The van der Waals surface area contributed by atoms with Gasteiger partial charge in [0.25, 0.3) is 5.91 Å². The van der Waals surface area contributed by atoms with Crippen molar-refractivity contribution in [2.45, 2.75) is 25.4 Å². The standard InChI is InChI=1S/C21H23FN4O2/c1-14-5-3-4-6-17(14)23-20(28)26-11-9-21(10-12-26)24-19(27)16-8-7-15(22)13-18(16)25(21)2/h3-8,13H,9-12H2,1-2H3,(H,23,28)(H,24,27). The van der Waals surface area contributed by atoms with Crippen LogP contribution in [0.4, 0.5) is 20.6 Å². The number of nitrogens with zero attached hydrogens (tertiary/aromatic N) is 2. The Kier molecular flexibility index (Phi) is 4.45. The van der Waals surface area contributed by atoms with Gasteiger partial charge in [-0.05, 0) is 36.8 Å². The highest BCUT2D eigenvalue weighted by Crippen LogP contribution is 2.36. The fourth-order valence-corrected chi connectivity index (χ4v) is 4.01. The third-order valence-electron chi connectivity index (χ3n) is 5.82. The molecule has 2 heterocycles. The molecule has 0 radical (unpaired) electrons. The molecule has 2 aromatic rings. The zero-order valence-corrected chi connectivity index (χ0v) is 16.0. The Bertz CT molecular complexity index is 938. The second kappa shape index (κ2) is 6.82. The number of anilines is 2. The Morgan fingerprint density at radius 1 is 1.18 bits per heavy atom. The van der Waals surface area contributed by atoms with E-state index < -0.39 is 5.66 Å². The molecule has 7 heteroatoms. The number of hydrogen-bond donors (Lipinski definition) is 2. The van der Waals surface area contributed by atoms with Gasteiger partial charge in [-0.1, -0.05) is 18.2 Å². The predicted molar refractivity (Wildman–Crippen MR) is 106 cm³/mol. The van der Waals surface area contributed by atoms with E-state index in [1.165, 1.54) is 18.2 Å². The molecule has 1 saturated heterocycles.